The Morgan fingerprint density at radius 2 is 2.00 bits per heavy atom. The molecule has 1 aliphatic rings. The number of nitrogens with zero attached hydrogens (tertiary/aromatic N) is 1. The van der Waals surface area contributed by atoms with Crippen LogP contribution in [0.15, 0.2) is 12.1 Å². The lowest BCUT2D eigenvalue weighted by atomic mass is 10.0. The minimum atomic E-state index is 0.546. The zero-order valence-electron chi connectivity index (χ0n) is 10.5. The van der Waals surface area contributed by atoms with Crippen molar-refractivity contribution in [2.45, 2.75) is 25.8 Å². The smallest absolute Gasteiger partial charge is 0.0656 e. The Morgan fingerprint density at radius 3 is 2.65 bits per heavy atom. The normalized spacial score (nSPS) is 18.3. The van der Waals surface area contributed by atoms with Crippen LogP contribution in [-0.4, -0.2) is 31.1 Å². The van der Waals surface area contributed by atoms with Gasteiger partial charge in [-0.1, -0.05) is 11.6 Å². The summed E-state index contributed by atoms with van der Waals surface area (Å²) in [5.74, 6) is 0. The molecule has 0 aliphatic carbocycles. The third kappa shape index (κ3) is 3.05. The topological polar surface area (TPSA) is 41.3 Å². The summed E-state index contributed by atoms with van der Waals surface area (Å²) < 4.78 is 0. The van der Waals surface area contributed by atoms with Crippen LogP contribution in [0.4, 0.5) is 11.4 Å². The molecule has 1 saturated heterocycles. The lowest BCUT2D eigenvalue weighted by molar-refractivity contribution is 0.264. The number of nitrogens with one attached hydrogen (secondary N) is 1. The molecule has 3 nitrogen and oxygen atoms in total. The quantitative estimate of drug-likeness (QED) is 0.797. The first-order chi connectivity index (χ1) is 8.06. The fourth-order valence-corrected chi connectivity index (χ4v) is 2.40. The van der Waals surface area contributed by atoms with Crippen LogP contribution in [0.5, 0.6) is 0 Å². The molecule has 0 unspecified atom stereocenters. The molecule has 2 rings (SSSR count). The van der Waals surface area contributed by atoms with E-state index in [2.05, 4.69) is 24.2 Å². The Labute approximate surface area is 108 Å². The van der Waals surface area contributed by atoms with E-state index in [1.54, 1.807) is 0 Å². The van der Waals surface area contributed by atoms with Crippen molar-refractivity contribution in [1.29, 1.82) is 0 Å². The average molecular weight is 254 g/mol. The zero-order chi connectivity index (χ0) is 12.4. The highest BCUT2D eigenvalue weighted by molar-refractivity contribution is 6.33. The molecule has 0 amide bonds. The molecule has 0 atom stereocenters. The molecule has 1 aliphatic heterocycles. The van der Waals surface area contributed by atoms with Gasteiger partial charge in [-0.05, 0) is 57.6 Å². The molecule has 0 aromatic heterocycles. The van der Waals surface area contributed by atoms with Crippen molar-refractivity contribution < 1.29 is 0 Å². The van der Waals surface area contributed by atoms with Gasteiger partial charge < -0.3 is 16.0 Å². The molecule has 1 heterocycles. The van der Waals surface area contributed by atoms with Gasteiger partial charge >= 0.3 is 0 Å². The number of nitrogen functional groups attached to an aromatic ring is 1. The van der Waals surface area contributed by atoms with E-state index < -0.39 is 0 Å². The van der Waals surface area contributed by atoms with E-state index >= 15 is 0 Å². The van der Waals surface area contributed by atoms with Crippen molar-refractivity contribution in [2.24, 2.45) is 0 Å². The Balaban J connectivity index is 2.06. The number of anilines is 2. The van der Waals surface area contributed by atoms with Gasteiger partial charge in [0, 0.05) is 11.7 Å². The average Bonchev–Trinajstić information content (AvgIpc) is 2.29. The van der Waals surface area contributed by atoms with Gasteiger partial charge in [0.05, 0.1) is 10.7 Å². The van der Waals surface area contributed by atoms with Crippen LogP contribution in [0.1, 0.15) is 18.4 Å². The molecular weight excluding hydrogens is 234 g/mol. The minimum Gasteiger partial charge on any atom is -0.398 e. The van der Waals surface area contributed by atoms with Crippen LogP contribution in [0.25, 0.3) is 0 Å². The van der Waals surface area contributed by atoms with E-state index in [1.165, 1.54) is 12.8 Å². The van der Waals surface area contributed by atoms with Gasteiger partial charge in [-0.3, -0.25) is 0 Å². The van der Waals surface area contributed by atoms with E-state index in [0.29, 0.717) is 16.8 Å². The first kappa shape index (κ1) is 12.5. The molecule has 0 radical (unpaired) electrons. The second kappa shape index (κ2) is 5.15. The molecular formula is C13H20ClN3. The lowest BCUT2D eigenvalue weighted by Gasteiger charge is -2.30. The second-order valence-electron chi connectivity index (χ2n) is 4.91. The number of benzene rings is 1. The van der Waals surface area contributed by atoms with Crippen molar-refractivity contribution in [1.82, 2.24) is 4.90 Å². The van der Waals surface area contributed by atoms with Crippen LogP contribution in [0.3, 0.4) is 0 Å². The second-order valence-corrected chi connectivity index (χ2v) is 5.32. The fraction of sp³-hybridized carbons (Fsp3) is 0.538. The summed E-state index contributed by atoms with van der Waals surface area (Å²) >= 11 is 6.05. The van der Waals surface area contributed by atoms with E-state index in [-0.39, 0.29) is 0 Å². The number of nitrogens with two attached hydrogens (primary N) is 1. The molecule has 0 saturated carbocycles. The number of hydrogen-bond donors (Lipinski definition) is 2. The molecule has 0 bridgehead atoms. The van der Waals surface area contributed by atoms with Gasteiger partial charge in [0.1, 0.15) is 0 Å². The summed E-state index contributed by atoms with van der Waals surface area (Å²) in [6.45, 7) is 4.36. The minimum absolute atomic E-state index is 0.546. The van der Waals surface area contributed by atoms with Crippen molar-refractivity contribution in [3.8, 4) is 0 Å². The standard InChI is InChI=1S/C13H20ClN3/c1-9-7-12(15)11(14)8-13(9)16-10-3-5-17(2)6-4-10/h7-8,10,16H,3-6,15H2,1-2H3. The largest absolute Gasteiger partial charge is 0.398 e. The molecule has 1 aromatic carbocycles. The Bertz CT molecular complexity index is 398. The lowest BCUT2D eigenvalue weighted by Crippen LogP contribution is -2.36. The first-order valence-corrected chi connectivity index (χ1v) is 6.45. The highest BCUT2D eigenvalue weighted by atomic mass is 35.5. The summed E-state index contributed by atoms with van der Waals surface area (Å²) in [5.41, 5.74) is 8.69. The van der Waals surface area contributed by atoms with E-state index in [9.17, 15) is 0 Å². The van der Waals surface area contributed by atoms with Crippen LogP contribution >= 0.6 is 11.6 Å². The number of aryl methyl sites for hydroxylation is 1. The van der Waals surface area contributed by atoms with Crippen molar-refractivity contribution >= 4 is 23.0 Å². The number of halogens is 1. The van der Waals surface area contributed by atoms with Crippen LogP contribution in [0, 0.1) is 6.92 Å². The van der Waals surface area contributed by atoms with Gasteiger partial charge in [-0.25, -0.2) is 0 Å². The molecule has 0 spiro atoms. The van der Waals surface area contributed by atoms with E-state index in [0.717, 1.165) is 24.3 Å². The van der Waals surface area contributed by atoms with Crippen LogP contribution < -0.4 is 11.1 Å². The molecule has 4 heteroatoms. The van der Waals surface area contributed by atoms with Gasteiger partial charge in [0.2, 0.25) is 0 Å². The fourth-order valence-electron chi connectivity index (χ4n) is 2.23. The van der Waals surface area contributed by atoms with Crippen LogP contribution in [0.2, 0.25) is 5.02 Å². The van der Waals surface area contributed by atoms with E-state index in [4.69, 9.17) is 17.3 Å². The summed E-state index contributed by atoms with van der Waals surface area (Å²) in [4.78, 5) is 2.36. The van der Waals surface area contributed by atoms with Gasteiger partial charge in [0.25, 0.3) is 0 Å². The summed E-state index contributed by atoms with van der Waals surface area (Å²) in [6.07, 6.45) is 2.36. The maximum atomic E-state index is 6.05. The predicted octanol–water partition coefficient (Wildman–Crippen LogP) is 2.74. The maximum absolute atomic E-state index is 6.05. The third-order valence-electron chi connectivity index (χ3n) is 3.42. The predicted molar refractivity (Wildman–Crippen MR) is 74.7 cm³/mol. The number of rotatable bonds is 2. The van der Waals surface area contributed by atoms with E-state index in [1.807, 2.05) is 12.1 Å². The number of likely N-dealkylation sites (tertiary alicyclic amines) is 1. The van der Waals surface area contributed by atoms with Crippen molar-refractivity contribution in [3.05, 3.63) is 22.7 Å². The van der Waals surface area contributed by atoms with Gasteiger partial charge in [0.15, 0.2) is 0 Å². The monoisotopic (exact) mass is 253 g/mol. The maximum Gasteiger partial charge on any atom is 0.0656 e. The molecule has 17 heavy (non-hydrogen) atoms. The third-order valence-corrected chi connectivity index (χ3v) is 3.75. The Morgan fingerprint density at radius 1 is 1.35 bits per heavy atom. The van der Waals surface area contributed by atoms with Gasteiger partial charge in [-0.15, -0.1) is 0 Å². The number of hydrogen-bond acceptors (Lipinski definition) is 3. The van der Waals surface area contributed by atoms with Crippen LogP contribution in [-0.2, 0) is 0 Å². The molecule has 3 N–H and O–H groups in total. The highest BCUT2D eigenvalue weighted by Crippen LogP contribution is 2.28. The van der Waals surface area contributed by atoms with Crippen molar-refractivity contribution in [3.63, 3.8) is 0 Å². The molecule has 1 fully saturated rings. The van der Waals surface area contributed by atoms with Crippen molar-refractivity contribution in [2.75, 3.05) is 31.2 Å². The Kier molecular flexibility index (Phi) is 3.79. The number of piperidine rings is 1. The Hall–Kier alpha value is -0.930. The molecule has 1 aromatic rings. The summed E-state index contributed by atoms with van der Waals surface area (Å²) in [7, 11) is 2.17. The summed E-state index contributed by atoms with van der Waals surface area (Å²) in [5, 5.41) is 4.20. The first-order valence-electron chi connectivity index (χ1n) is 6.07. The summed E-state index contributed by atoms with van der Waals surface area (Å²) in [6, 6.07) is 4.41. The zero-order valence-corrected chi connectivity index (χ0v) is 11.2. The highest BCUT2D eigenvalue weighted by Gasteiger charge is 2.17. The van der Waals surface area contributed by atoms with Gasteiger partial charge in [-0.2, -0.15) is 0 Å². The molecule has 94 valence electrons. The SMILES string of the molecule is Cc1cc(N)c(Cl)cc1NC1CCN(C)CC1.